The SMILES string of the molecule is Cc1cccc(OCC(=O)Nc2ccc3c(c2)CCC(=O)N3Cc2ccccc2)c1. The van der Waals surface area contributed by atoms with E-state index in [1.807, 2.05) is 84.6 Å². The van der Waals surface area contributed by atoms with Gasteiger partial charge in [-0.05, 0) is 60.4 Å². The Kier molecular flexibility index (Phi) is 5.80. The van der Waals surface area contributed by atoms with E-state index in [0.717, 1.165) is 22.4 Å². The Morgan fingerprint density at radius 3 is 2.63 bits per heavy atom. The second-order valence-electron chi connectivity index (χ2n) is 7.46. The summed E-state index contributed by atoms with van der Waals surface area (Å²) in [4.78, 5) is 26.6. The molecule has 0 unspecified atom stereocenters. The first-order chi connectivity index (χ1) is 14.6. The Morgan fingerprint density at radius 1 is 1.00 bits per heavy atom. The number of amides is 2. The van der Waals surface area contributed by atoms with Gasteiger partial charge in [0.25, 0.3) is 5.91 Å². The molecule has 0 atom stereocenters. The molecule has 0 fully saturated rings. The van der Waals surface area contributed by atoms with E-state index < -0.39 is 0 Å². The Balaban J connectivity index is 1.43. The maximum Gasteiger partial charge on any atom is 0.262 e. The molecule has 0 aromatic heterocycles. The predicted octanol–water partition coefficient (Wildman–Crippen LogP) is 4.49. The minimum atomic E-state index is -0.218. The van der Waals surface area contributed by atoms with E-state index in [9.17, 15) is 9.59 Å². The number of aryl methyl sites for hydroxylation is 2. The number of carbonyl (C=O) groups is 2. The number of hydrogen-bond donors (Lipinski definition) is 1. The highest BCUT2D eigenvalue weighted by molar-refractivity contribution is 5.97. The van der Waals surface area contributed by atoms with Crippen LogP contribution in [0, 0.1) is 6.92 Å². The van der Waals surface area contributed by atoms with Crippen molar-refractivity contribution in [1.82, 2.24) is 0 Å². The maximum absolute atomic E-state index is 12.5. The molecule has 0 bridgehead atoms. The lowest BCUT2D eigenvalue weighted by Gasteiger charge is -2.30. The summed E-state index contributed by atoms with van der Waals surface area (Å²) in [5, 5.41) is 2.89. The van der Waals surface area contributed by atoms with Gasteiger partial charge in [0.15, 0.2) is 6.61 Å². The monoisotopic (exact) mass is 400 g/mol. The number of benzene rings is 3. The molecular formula is C25H24N2O3. The molecule has 0 saturated heterocycles. The predicted molar refractivity (Wildman–Crippen MR) is 118 cm³/mol. The molecule has 1 N–H and O–H groups in total. The van der Waals surface area contributed by atoms with Gasteiger partial charge < -0.3 is 15.0 Å². The average Bonchev–Trinajstić information content (AvgIpc) is 2.75. The third kappa shape index (κ3) is 4.69. The summed E-state index contributed by atoms with van der Waals surface area (Å²) in [5.74, 6) is 0.574. The molecule has 1 aliphatic heterocycles. The molecule has 30 heavy (non-hydrogen) atoms. The van der Waals surface area contributed by atoms with Crippen molar-refractivity contribution in [3.05, 3.63) is 89.5 Å². The van der Waals surface area contributed by atoms with Crippen LogP contribution in [0.2, 0.25) is 0 Å². The van der Waals surface area contributed by atoms with Crippen molar-refractivity contribution in [1.29, 1.82) is 0 Å². The highest BCUT2D eigenvalue weighted by atomic mass is 16.5. The fourth-order valence-corrected chi connectivity index (χ4v) is 3.63. The second kappa shape index (κ2) is 8.82. The molecule has 0 aliphatic carbocycles. The number of ether oxygens (including phenoxy) is 1. The van der Waals surface area contributed by atoms with Crippen molar-refractivity contribution in [2.24, 2.45) is 0 Å². The zero-order valence-electron chi connectivity index (χ0n) is 16.9. The minimum Gasteiger partial charge on any atom is -0.484 e. The molecule has 5 heteroatoms. The molecular weight excluding hydrogens is 376 g/mol. The number of nitrogens with zero attached hydrogens (tertiary/aromatic N) is 1. The number of hydrogen-bond acceptors (Lipinski definition) is 3. The largest absolute Gasteiger partial charge is 0.484 e. The lowest BCUT2D eigenvalue weighted by molar-refractivity contribution is -0.119. The van der Waals surface area contributed by atoms with Crippen LogP contribution in [-0.4, -0.2) is 18.4 Å². The van der Waals surface area contributed by atoms with E-state index in [0.29, 0.717) is 30.8 Å². The molecule has 4 rings (SSSR count). The van der Waals surface area contributed by atoms with Gasteiger partial charge in [0.1, 0.15) is 5.75 Å². The number of anilines is 2. The molecule has 1 heterocycles. The first kappa shape index (κ1) is 19.7. The Morgan fingerprint density at radius 2 is 1.83 bits per heavy atom. The Bertz CT molecular complexity index is 1060. The van der Waals surface area contributed by atoms with E-state index in [2.05, 4.69) is 5.32 Å². The van der Waals surface area contributed by atoms with Gasteiger partial charge in [0.2, 0.25) is 5.91 Å². The topological polar surface area (TPSA) is 58.6 Å². The number of fused-ring (bicyclic) bond motifs is 1. The van der Waals surface area contributed by atoms with Crippen LogP contribution in [-0.2, 0) is 22.6 Å². The van der Waals surface area contributed by atoms with Crippen molar-refractivity contribution >= 4 is 23.2 Å². The molecule has 2 amide bonds. The highest BCUT2D eigenvalue weighted by Gasteiger charge is 2.24. The van der Waals surface area contributed by atoms with Crippen LogP contribution in [0.3, 0.4) is 0 Å². The normalized spacial score (nSPS) is 13.0. The van der Waals surface area contributed by atoms with Gasteiger partial charge in [0.05, 0.1) is 6.54 Å². The van der Waals surface area contributed by atoms with Crippen molar-refractivity contribution < 1.29 is 14.3 Å². The van der Waals surface area contributed by atoms with Crippen LogP contribution in [0.5, 0.6) is 5.75 Å². The molecule has 0 spiro atoms. The highest BCUT2D eigenvalue weighted by Crippen LogP contribution is 2.31. The maximum atomic E-state index is 12.5. The summed E-state index contributed by atoms with van der Waals surface area (Å²) >= 11 is 0. The lowest BCUT2D eigenvalue weighted by atomic mass is 9.99. The number of carbonyl (C=O) groups excluding carboxylic acids is 2. The Hall–Kier alpha value is -3.60. The van der Waals surface area contributed by atoms with Crippen molar-refractivity contribution in [2.75, 3.05) is 16.8 Å². The summed E-state index contributed by atoms with van der Waals surface area (Å²) in [6.07, 6.45) is 1.14. The van der Waals surface area contributed by atoms with Gasteiger partial charge in [-0.25, -0.2) is 0 Å². The summed E-state index contributed by atoms with van der Waals surface area (Å²) in [6.45, 7) is 2.47. The van der Waals surface area contributed by atoms with Crippen molar-refractivity contribution in [3.8, 4) is 5.75 Å². The Labute approximate surface area is 176 Å². The second-order valence-corrected chi connectivity index (χ2v) is 7.46. The van der Waals surface area contributed by atoms with Crippen LogP contribution >= 0.6 is 0 Å². The van der Waals surface area contributed by atoms with Crippen molar-refractivity contribution in [2.45, 2.75) is 26.3 Å². The third-order valence-electron chi connectivity index (χ3n) is 5.11. The van der Waals surface area contributed by atoms with Crippen LogP contribution < -0.4 is 15.0 Å². The summed E-state index contributed by atoms with van der Waals surface area (Å²) in [6, 6.07) is 23.2. The van der Waals surface area contributed by atoms with Crippen LogP contribution in [0.4, 0.5) is 11.4 Å². The standard InChI is InChI=1S/C25H24N2O3/c1-18-6-5-9-22(14-18)30-17-24(28)26-21-11-12-23-20(15-21)10-13-25(29)27(23)16-19-7-3-2-4-8-19/h2-9,11-12,14-15H,10,13,16-17H2,1H3,(H,26,28). The molecule has 0 radical (unpaired) electrons. The van der Waals surface area contributed by atoms with E-state index in [1.54, 1.807) is 0 Å². The number of rotatable bonds is 6. The summed E-state index contributed by atoms with van der Waals surface area (Å²) in [7, 11) is 0. The molecule has 3 aromatic rings. The van der Waals surface area contributed by atoms with Gasteiger partial charge in [-0.2, -0.15) is 0 Å². The minimum absolute atomic E-state index is 0.0564. The van der Waals surface area contributed by atoms with Crippen LogP contribution in [0.15, 0.2) is 72.8 Å². The zero-order chi connectivity index (χ0) is 20.9. The van der Waals surface area contributed by atoms with Gasteiger partial charge in [-0.1, -0.05) is 42.5 Å². The first-order valence-corrected chi connectivity index (χ1v) is 10.0. The average molecular weight is 400 g/mol. The molecule has 152 valence electrons. The van der Waals surface area contributed by atoms with Crippen molar-refractivity contribution in [3.63, 3.8) is 0 Å². The molecule has 0 saturated carbocycles. The molecule has 3 aromatic carbocycles. The van der Waals surface area contributed by atoms with Gasteiger partial charge in [-0.3, -0.25) is 9.59 Å². The zero-order valence-corrected chi connectivity index (χ0v) is 16.9. The fourth-order valence-electron chi connectivity index (χ4n) is 3.63. The first-order valence-electron chi connectivity index (χ1n) is 10.0. The van der Waals surface area contributed by atoms with Gasteiger partial charge >= 0.3 is 0 Å². The third-order valence-corrected chi connectivity index (χ3v) is 5.11. The quantitative estimate of drug-likeness (QED) is 0.663. The smallest absolute Gasteiger partial charge is 0.262 e. The van der Waals surface area contributed by atoms with Gasteiger partial charge in [-0.15, -0.1) is 0 Å². The summed E-state index contributed by atoms with van der Waals surface area (Å²) in [5.41, 5.74) is 4.84. The van der Waals surface area contributed by atoms with E-state index in [-0.39, 0.29) is 18.4 Å². The molecule has 1 aliphatic rings. The van der Waals surface area contributed by atoms with Gasteiger partial charge in [0, 0.05) is 17.8 Å². The lowest BCUT2D eigenvalue weighted by Crippen LogP contribution is -2.34. The van der Waals surface area contributed by atoms with Crippen LogP contribution in [0.1, 0.15) is 23.1 Å². The van der Waals surface area contributed by atoms with Crippen LogP contribution in [0.25, 0.3) is 0 Å². The van der Waals surface area contributed by atoms with E-state index in [4.69, 9.17) is 4.74 Å². The fraction of sp³-hybridized carbons (Fsp3) is 0.200. The summed E-state index contributed by atoms with van der Waals surface area (Å²) < 4.78 is 5.57. The van der Waals surface area contributed by atoms with E-state index in [1.165, 1.54) is 0 Å². The number of nitrogens with one attached hydrogen (secondary N) is 1. The molecule has 5 nitrogen and oxygen atoms in total. The van der Waals surface area contributed by atoms with E-state index >= 15 is 0 Å².